The molecule has 0 atom stereocenters. The summed E-state index contributed by atoms with van der Waals surface area (Å²) >= 11 is 0. The van der Waals surface area contributed by atoms with Crippen molar-refractivity contribution in [2.24, 2.45) is 0 Å². The monoisotopic (exact) mass is 352 g/mol. The molecule has 0 unspecified atom stereocenters. The van der Waals surface area contributed by atoms with E-state index in [1.165, 1.54) is 12.1 Å². The van der Waals surface area contributed by atoms with E-state index < -0.39 is 12.4 Å². The molecule has 0 fully saturated rings. The Bertz CT molecular complexity index is 595. The zero-order valence-electron chi connectivity index (χ0n) is 13.6. The highest BCUT2D eigenvalue weighted by atomic mass is 19.4. The maximum absolute atomic E-state index is 12.5. The molecular weight excluding hydrogens is 334 g/mol. The quantitative estimate of drug-likeness (QED) is 0.706. The zero-order valence-corrected chi connectivity index (χ0v) is 13.6. The molecule has 0 radical (unpaired) electrons. The highest BCUT2D eigenvalue weighted by Crippen LogP contribution is 2.34. The fourth-order valence-electron chi connectivity index (χ4n) is 2.02. The van der Waals surface area contributed by atoms with Crippen LogP contribution in [0.2, 0.25) is 0 Å². The molecule has 24 heavy (non-hydrogen) atoms. The van der Waals surface area contributed by atoms with Gasteiger partial charge in [0, 0.05) is 57.3 Å². The summed E-state index contributed by atoms with van der Waals surface area (Å²) in [6.45, 7) is 0. The first kappa shape index (κ1) is 19.9. The van der Waals surface area contributed by atoms with Gasteiger partial charge in [-0.25, -0.2) is 0 Å². The summed E-state index contributed by atoms with van der Waals surface area (Å²) in [5, 5.41) is 0. The predicted octanol–water partition coefficient (Wildman–Crippen LogP) is 4.97. The van der Waals surface area contributed by atoms with Crippen LogP contribution < -0.4 is 9.80 Å². The molecule has 1 aromatic carbocycles. The molecule has 0 bridgehead atoms. The van der Waals surface area contributed by atoms with E-state index in [1.807, 2.05) is 0 Å². The number of benzene rings is 1. The van der Waals surface area contributed by atoms with Crippen LogP contribution in [0, 0.1) is 0 Å². The highest BCUT2D eigenvalue weighted by Gasteiger charge is 2.24. The van der Waals surface area contributed by atoms with Gasteiger partial charge in [0.1, 0.15) is 0 Å². The second-order valence-electron chi connectivity index (χ2n) is 5.51. The molecule has 0 spiro atoms. The van der Waals surface area contributed by atoms with Crippen molar-refractivity contribution < 1.29 is 26.3 Å². The molecule has 0 aliphatic carbocycles. The number of hydrogen-bond donors (Lipinski definition) is 0. The summed E-state index contributed by atoms with van der Waals surface area (Å²) < 4.78 is 74.5. The van der Waals surface area contributed by atoms with Crippen LogP contribution in [0.3, 0.4) is 0 Å². The van der Waals surface area contributed by atoms with Crippen LogP contribution in [-0.4, -0.2) is 40.5 Å². The van der Waals surface area contributed by atoms with Crippen LogP contribution in [-0.2, 0) is 0 Å². The lowest BCUT2D eigenvalue weighted by Gasteiger charge is -2.24. The van der Waals surface area contributed by atoms with E-state index in [0.29, 0.717) is 11.4 Å². The van der Waals surface area contributed by atoms with E-state index in [2.05, 4.69) is 0 Å². The van der Waals surface area contributed by atoms with Gasteiger partial charge in [0.25, 0.3) is 0 Å². The number of rotatable bonds is 4. The van der Waals surface area contributed by atoms with E-state index in [4.69, 9.17) is 0 Å². The Morgan fingerprint density at radius 3 is 1.42 bits per heavy atom. The second kappa shape index (κ2) is 7.19. The number of nitrogens with zero attached hydrogens (tertiary/aromatic N) is 2. The van der Waals surface area contributed by atoms with E-state index in [9.17, 15) is 26.3 Å². The molecule has 0 aromatic heterocycles. The van der Waals surface area contributed by atoms with Crippen molar-refractivity contribution in [3.63, 3.8) is 0 Å². The van der Waals surface area contributed by atoms with Gasteiger partial charge in [-0.05, 0) is 29.8 Å². The second-order valence-corrected chi connectivity index (χ2v) is 5.51. The summed E-state index contributed by atoms with van der Waals surface area (Å²) in [6.07, 6.45) is -6.95. The van der Waals surface area contributed by atoms with Gasteiger partial charge in [-0.2, -0.15) is 26.3 Å². The lowest BCUT2D eigenvalue weighted by molar-refractivity contribution is -0.0800. The van der Waals surface area contributed by atoms with Gasteiger partial charge in [0.05, 0.1) is 0 Å². The Balaban J connectivity index is 3.52. The van der Waals surface area contributed by atoms with Crippen LogP contribution in [0.1, 0.15) is 11.1 Å². The minimum absolute atomic E-state index is 0.0897. The van der Waals surface area contributed by atoms with Gasteiger partial charge in [-0.1, -0.05) is 0 Å². The molecule has 0 amide bonds. The van der Waals surface area contributed by atoms with Gasteiger partial charge in [-0.3, -0.25) is 0 Å². The van der Waals surface area contributed by atoms with Crippen molar-refractivity contribution in [1.82, 2.24) is 0 Å². The highest BCUT2D eigenvalue weighted by molar-refractivity contribution is 5.82. The van der Waals surface area contributed by atoms with Gasteiger partial charge >= 0.3 is 12.4 Å². The minimum atomic E-state index is -4.48. The molecule has 2 nitrogen and oxygen atoms in total. The number of alkyl halides is 6. The smallest absolute Gasteiger partial charge is 0.377 e. The molecule has 0 heterocycles. The molecular formula is C16H18F6N2. The molecule has 1 rings (SSSR count). The van der Waals surface area contributed by atoms with Crippen molar-refractivity contribution in [3.8, 4) is 0 Å². The van der Waals surface area contributed by atoms with Crippen molar-refractivity contribution in [3.05, 3.63) is 35.4 Å². The topological polar surface area (TPSA) is 6.48 Å². The van der Waals surface area contributed by atoms with Crippen LogP contribution >= 0.6 is 0 Å². The third kappa shape index (κ3) is 6.17. The van der Waals surface area contributed by atoms with Crippen LogP contribution in [0.5, 0.6) is 0 Å². The normalized spacial score (nSPS) is 13.1. The average molecular weight is 352 g/mol. The van der Waals surface area contributed by atoms with Crippen LogP contribution in [0.25, 0.3) is 12.2 Å². The van der Waals surface area contributed by atoms with E-state index in [0.717, 1.165) is 12.2 Å². The van der Waals surface area contributed by atoms with E-state index in [-0.39, 0.29) is 23.3 Å². The molecule has 0 saturated heterocycles. The SMILES string of the molecule is CN(C)c1cc(/C=C/C(F)(F)F)cc(N(C)C)c1/C=C/C(F)(F)F. The lowest BCUT2D eigenvalue weighted by atomic mass is 10.0. The number of halogens is 6. The summed E-state index contributed by atoms with van der Waals surface area (Å²) in [4.78, 5) is 3.10. The maximum atomic E-state index is 12.5. The zero-order chi connectivity index (χ0) is 18.7. The first-order chi connectivity index (χ1) is 10.8. The maximum Gasteiger partial charge on any atom is 0.409 e. The third-order valence-corrected chi connectivity index (χ3v) is 3.03. The van der Waals surface area contributed by atoms with Gasteiger partial charge in [0.15, 0.2) is 0 Å². The Kier molecular flexibility index (Phi) is 5.97. The Labute approximate surface area is 136 Å². The van der Waals surface area contributed by atoms with Crippen LogP contribution in [0.15, 0.2) is 24.3 Å². The molecule has 0 aliphatic heterocycles. The number of anilines is 2. The minimum Gasteiger partial charge on any atom is -0.377 e. The number of allylic oxidation sites excluding steroid dienone is 2. The predicted molar refractivity (Wildman–Crippen MR) is 85.3 cm³/mol. The standard InChI is InChI=1S/C16H18F6N2/c1-23(2)13-9-11(5-7-15(17,18)19)10-14(24(3)4)12(13)6-8-16(20,21)22/h5-10H,1-4H3/b7-5+,8-6+. The fraction of sp³-hybridized carbons (Fsp3) is 0.375. The van der Waals surface area contributed by atoms with Crippen molar-refractivity contribution in [2.75, 3.05) is 38.0 Å². The van der Waals surface area contributed by atoms with Gasteiger partial charge in [0.2, 0.25) is 0 Å². The first-order valence-electron chi connectivity index (χ1n) is 6.85. The molecule has 134 valence electrons. The van der Waals surface area contributed by atoms with Crippen LogP contribution in [0.4, 0.5) is 37.7 Å². The summed E-state index contributed by atoms with van der Waals surface area (Å²) in [6, 6.07) is 2.82. The van der Waals surface area contributed by atoms with Crippen molar-refractivity contribution >= 4 is 23.5 Å². The molecule has 0 aliphatic rings. The fourth-order valence-corrected chi connectivity index (χ4v) is 2.02. The Morgan fingerprint density at radius 1 is 0.708 bits per heavy atom. The third-order valence-electron chi connectivity index (χ3n) is 3.03. The Morgan fingerprint density at radius 2 is 1.08 bits per heavy atom. The van der Waals surface area contributed by atoms with E-state index >= 15 is 0 Å². The molecule has 8 heteroatoms. The van der Waals surface area contributed by atoms with Gasteiger partial charge < -0.3 is 9.80 Å². The van der Waals surface area contributed by atoms with Gasteiger partial charge in [-0.15, -0.1) is 0 Å². The lowest BCUT2D eigenvalue weighted by Crippen LogP contribution is -2.16. The number of hydrogen-bond acceptors (Lipinski definition) is 2. The van der Waals surface area contributed by atoms with E-state index in [1.54, 1.807) is 38.0 Å². The first-order valence-corrected chi connectivity index (χ1v) is 6.85. The van der Waals surface area contributed by atoms with Crippen molar-refractivity contribution in [2.45, 2.75) is 12.4 Å². The average Bonchev–Trinajstić information content (AvgIpc) is 2.40. The summed E-state index contributed by atoms with van der Waals surface area (Å²) in [7, 11) is 6.43. The molecule has 0 N–H and O–H groups in total. The summed E-state index contributed by atoms with van der Waals surface area (Å²) in [5.74, 6) is 0. The largest absolute Gasteiger partial charge is 0.409 e. The Hall–Kier alpha value is -2.12. The summed E-state index contributed by atoms with van der Waals surface area (Å²) in [5.41, 5.74) is 1.27. The van der Waals surface area contributed by atoms with Crippen molar-refractivity contribution in [1.29, 1.82) is 0 Å². The molecule has 0 saturated carbocycles. The molecule has 1 aromatic rings.